The van der Waals surface area contributed by atoms with Crippen LogP contribution in [0.5, 0.6) is 0 Å². The van der Waals surface area contributed by atoms with Gasteiger partial charge in [-0.15, -0.1) is 22.7 Å². The lowest BCUT2D eigenvalue weighted by molar-refractivity contribution is -0.386. The minimum absolute atomic E-state index is 0.0912. The summed E-state index contributed by atoms with van der Waals surface area (Å²) in [6.07, 6.45) is 0. The standard InChI is InChI=1S/C8H4N2O4S2/c11-9(12)7-3-15-1-5(7)6-2-16-4-8(6)10(13)14/h1-4H. The van der Waals surface area contributed by atoms with Crippen molar-refractivity contribution in [1.29, 1.82) is 0 Å². The van der Waals surface area contributed by atoms with Crippen molar-refractivity contribution in [2.24, 2.45) is 0 Å². The van der Waals surface area contributed by atoms with Crippen LogP contribution in [0.1, 0.15) is 0 Å². The van der Waals surface area contributed by atoms with Gasteiger partial charge in [0.15, 0.2) is 0 Å². The number of nitrogens with zero attached hydrogens (tertiary/aromatic N) is 2. The molecule has 0 radical (unpaired) electrons. The summed E-state index contributed by atoms with van der Waals surface area (Å²) in [7, 11) is 0. The average Bonchev–Trinajstić information content (AvgIpc) is 2.85. The zero-order valence-corrected chi connectivity index (χ0v) is 9.29. The summed E-state index contributed by atoms with van der Waals surface area (Å²) in [4.78, 5) is 20.3. The molecular formula is C8H4N2O4S2. The number of thiophene rings is 2. The van der Waals surface area contributed by atoms with Crippen LogP contribution in [0.25, 0.3) is 11.1 Å². The van der Waals surface area contributed by atoms with E-state index in [1.807, 2.05) is 0 Å². The second-order valence-corrected chi connectivity index (χ2v) is 4.34. The maximum Gasteiger partial charge on any atom is 0.288 e. The topological polar surface area (TPSA) is 86.3 Å². The number of hydrogen-bond donors (Lipinski definition) is 0. The fourth-order valence-electron chi connectivity index (χ4n) is 1.27. The molecule has 0 aliphatic carbocycles. The van der Waals surface area contributed by atoms with Crippen molar-refractivity contribution in [3.8, 4) is 11.1 Å². The molecule has 16 heavy (non-hydrogen) atoms. The van der Waals surface area contributed by atoms with E-state index in [2.05, 4.69) is 0 Å². The van der Waals surface area contributed by atoms with E-state index < -0.39 is 9.85 Å². The monoisotopic (exact) mass is 256 g/mol. The van der Waals surface area contributed by atoms with Gasteiger partial charge in [0.1, 0.15) is 0 Å². The highest BCUT2D eigenvalue weighted by atomic mass is 32.1. The number of nitro groups is 2. The molecule has 0 spiro atoms. The molecule has 82 valence electrons. The summed E-state index contributed by atoms with van der Waals surface area (Å²) in [6.45, 7) is 0. The summed E-state index contributed by atoms with van der Waals surface area (Å²) < 4.78 is 0. The Bertz CT molecular complexity index is 510. The molecule has 0 aliphatic heterocycles. The minimum atomic E-state index is -0.534. The first-order valence-electron chi connectivity index (χ1n) is 4.03. The van der Waals surface area contributed by atoms with E-state index in [9.17, 15) is 20.2 Å². The molecule has 0 N–H and O–H groups in total. The quantitative estimate of drug-likeness (QED) is 0.622. The lowest BCUT2D eigenvalue weighted by Crippen LogP contribution is -1.90. The van der Waals surface area contributed by atoms with E-state index in [1.54, 1.807) is 10.8 Å². The molecule has 0 fully saturated rings. The first kappa shape index (κ1) is 10.7. The van der Waals surface area contributed by atoms with Crippen LogP contribution in [0, 0.1) is 20.2 Å². The summed E-state index contributed by atoms with van der Waals surface area (Å²) >= 11 is 2.31. The molecule has 0 atom stereocenters. The zero-order valence-electron chi connectivity index (χ0n) is 7.65. The van der Waals surface area contributed by atoms with Crippen LogP contribution in [0.15, 0.2) is 21.5 Å². The molecule has 2 heterocycles. The molecule has 0 unspecified atom stereocenters. The molecule has 2 aromatic heterocycles. The van der Waals surface area contributed by atoms with Gasteiger partial charge in [-0.3, -0.25) is 20.2 Å². The summed E-state index contributed by atoms with van der Waals surface area (Å²) in [5, 5.41) is 27.3. The Labute approximate surface area is 97.1 Å². The third-order valence-electron chi connectivity index (χ3n) is 1.97. The van der Waals surface area contributed by atoms with E-state index in [1.165, 1.54) is 10.8 Å². The maximum atomic E-state index is 10.7. The SMILES string of the molecule is O=[N+]([O-])c1cscc1-c1cscc1[N+](=O)[O-]. The highest BCUT2D eigenvalue weighted by Crippen LogP contribution is 2.40. The number of hydrogen-bond acceptors (Lipinski definition) is 6. The normalized spacial score (nSPS) is 10.2. The Kier molecular flexibility index (Phi) is 2.67. The first-order valence-corrected chi connectivity index (χ1v) is 5.91. The molecule has 6 nitrogen and oxygen atoms in total. The van der Waals surface area contributed by atoms with E-state index >= 15 is 0 Å². The Hall–Kier alpha value is -1.80. The van der Waals surface area contributed by atoms with Crippen LogP contribution in [0.3, 0.4) is 0 Å². The zero-order chi connectivity index (χ0) is 11.7. The molecule has 0 aliphatic rings. The van der Waals surface area contributed by atoms with Gasteiger partial charge < -0.3 is 0 Å². The van der Waals surface area contributed by atoms with Gasteiger partial charge in [-0.2, -0.15) is 0 Å². The fourth-order valence-corrected chi connectivity index (χ4v) is 2.85. The van der Waals surface area contributed by atoms with Gasteiger partial charge >= 0.3 is 0 Å². The maximum absolute atomic E-state index is 10.7. The van der Waals surface area contributed by atoms with Crippen LogP contribution >= 0.6 is 22.7 Å². The molecule has 2 aromatic rings. The van der Waals surface area contributed by atoms with Crippen molar-refractivity contribution in [3.63, 3.8) is 0 Å². The van der Waals surface area contributed by atoms with Gasteiger partial charge in [0, 0.05) is 10.8 Å². The van der Waals surface area contributed by atoms with Gasteiger partial charge in [0.2, 0.25) is 0 Å². The van der Waals surface area contributed by atoms with E-state index in [-0.39, 0.29) is 11.4 Å². The molecular weight excluding hydrogens is 252 g/mol. The van der Waals surface area contributed by atoms with Crippen molar-refractivity contribution in [1.82, 2.24) is 0 Å². The molecule has 0 saturated carbocycles. The van der Waals surface area contributed by atoms with Crippen molar-refractivity contribution >= 4 is 34.0 Å². The van der Waals surface area contributed by atoms with Crippen molar-refractivity contribution in [2.45, 2.75) is 0 Å². The van der Waals surface area contributed by atoms with Crippen LogP contribution < -0.4 is 0 Å². The lowest BCUT2D eigenvalue weighted by Gasteiger charge is -1.94. The smallest absolute Gasteiger partial charge is 0.258 e. The third kappa shape index (κ3) is 1.68. The average molecular weight is 256 g/mol. The fraction of sp³-hybridized carbons (Fsp3) is 0. The van der Waals surface area contributed by atoms with Crippen molar-refractivity contribution < 1.29 is 9.85 Å². The molecule has 0 amide bonds. The highest BCUT2D eigenvalue weighted by Gasteiger charge is 2.24. The Morgan fingerprint density at radius 3 is 1.50 bits per heavy atom. The van der Waals surface area contributed by atoms with Gasteiger partial charge in [-0.05, 0) is 0 Å². The number of rotatable bonds is 3. The Balaban J connectivity index is 2.59. The first-order chi connectivity index (χ1) is 7.61. The third-order valence-corrected chi connectivity index (χ3v) is 3.43. The second kappa shape index (κ2) is 3.99. The summed E-state index contributed by atoms with van der Waals surface area (Å²) in [5.74, 6) is 0. The lowest BCUT2D eigenvalue weighted by atomic mass is 10.1. The molecule has 0 aromatic carbocycles. The Morgan fingerprint density at radius 2 is 1.19 bits per heavy atom. The van der Waals surface area contributed by atoms with E-state index in [4.69, 9.17) is 0 Å². The van der Waals surface area contributed by atoms with Gasteiger partial charge in [0.05, 0.1) is 31.7 Å². The van der Waals surface area contributed by atoms with Crippen molar-refractivity contribution in [2.75, 3.05) is 0 Å². The molecule has 0 bridgehead atoms. The summed E-state index contributed by atoms with van der Waals surface area (Å²) in [6, 6.07) is 0. The van der Waals surface area contributed by atoms with Gasteiger partial charge in [-0.1, -0.05) is 0 Å². The van der Waals surface area contributed by atoms with Gasteiger partial charge in [-0.25, -0.2) is 0 Å². The molecule has 2 rings (SSSR count). The van der Waals surface area contributed by atoms with E-state index in [0.29, 0.717) is 11.1 Å². The minimum Gasteiger partial charge on any atom is -0.258 e. The largest absolute Gasteiger partial charge is 0.288 e. The molecule has 0 saturated heterocycles. The van der Waals surface area contributed by atoms with Crippen LogP contribution in [-0.2, 0) is 0 Å². The van der Waals surface area contributed by atoms with Crippen LogP contribution in [0.2, 0.25) is 0 Å². The predicted octanol–water partition coefficient (Wildman–Crippen LogP) is 3.29. The highest BCUT2D eigenvalue weighted by molar-refractivity contribution is 7.09. The summed E-state index contributed by atoms with van der Waals surface area (Å²) in [5.41, 5.74) is 0.434. The van der Waals surface area contributed by atoms with E-state index in [0.717, 1.165) is 22.7 Å². The Morgan fingerprint density at radius 1 is 0.812 bits per heavy atom. The van der Waals surface area contributed by atoms with Crippen LogP contribution in [-0.4, -0.2) is 9.85 Å². The second-order valence-electron chi connectivity index (χ2n) is 2.86. The van der Waals surface area contributed by atoms with Crippen LogP contribution in [0.4, 0.5) is 11.4 Å². The van der Waals surface area contributed by atoms with Gasteiger partial charge in [0.25, 0.3) is 11.4 Å². The molecule has 8 heteroatoms. The predicted molar refractivity (Wildman–Crippen MR) is 60.9 cm³/mol. The van der Waals surface area contributed by atoms with Crippen molar-refractivity contribution in [3.05, 3.63) is 41.7 Å².